The predicted octanol–water partition coefficient (Wildman–Crippen LogP) is 1.49. The Hall–Kier alpha value is -1.65. The number of ether oxygens (including phenoxy) is 1. The molecule has 0 radical (unpaired) electrons. The largest absolute Gasteiger partial charge is 0.372 e. The summed E-state index contributed by atoms with van der Waals surface area (Å²) in [4.78, 5) is 0. The lowest BCUT2D eigenvalue weighted by molar-refractivity contribution is 0.134. The van der Waals surface area contributed by atoms with Gasteiger partial charge in [0.15, 0.2) is 0 Å². The molecule has 1 aromatic heterocycles. The van der Waals surface area contributed by atoms with E-state index < -0.39 is 0 Å². The first kappa shape index (κ1) is 9.57. The maximum absolute atomic E-state index is 6.15. The molecule has 0 fully saturated rings. The van der Waals surface area contributed by atoms with E-state index in [0.717, 1.165) is 17.7 Å². The second-order valence-electron chi connectivity index (χ2n) is 4.03. The van der Waals surface area contributed by atoms with E-state index in [1.807, 2.05) is 6.20 Å². The molecule has 0 saturated carbocycles. The summed E-state index contributed by atoms with van der Waals surface area (Å²) in [7, 11) is 0. The fraction of sp³-hybridized carbons (Fsp3) is 0.250. The smallest absolute Gasteiger partial charge is 0.0725 e. The number of nitrogens with zero attached hydrogens (tertiary/aromatic N) is 1. The number of aromatic amines is 1. The molecule has 1 aromatic carbocycles. The Morgan fingerprint density at radius 3 is 2.94 bits per heavy atom. The molecular weight excluding hydrogens is 202 g/mol. The number of hydrogen-bond acceptors (Lipinski definition) is 3. The van der Waals surface area contributed by atoms with E-state index >= 15 is 0 Å². The van der Waals surface area contributed by atoms with E-state index in [1.54, 1.807) is 6.20 Å². The zero-order valence-electron chi connectivity index (χ0n) is 8.81. The standard InChI is InChI=1S/C12H13N3O/c13-12(11-4-14-15-5-11)8-1-2-9-6-16-7-10(9)3-8/h1-5,12H,6-7,13H2,(H,14,15). The maximum Gasteiger partial charge on any atom is 0.0725 e. The van der Waals surface area contributed by atoms with Gasteiger partial charge >= 0.3 is 0 Å². The minimum absolute atomic E-state index is 0.121. The quantitative estimate of drug-likeness (QED) is 0.797. The first-order chi connectivity index (χ1) is 7.84. The highest BCUT2D eigenvalue weighted by Crippen LogP contribution is 2.25. The number of benzene rings is 1. The van der Waals surface area contributed by atoms with Crippen LogP contribution in [0.1, 0.15) is 28.3 Å². The second-order valence-corrected chi connectivity index (χ2v) is 4.03. The van der Waals surface area contributed by atoms with Crippen LogP contribution < -0.4 is 5.73 Å². The van der Waals surface area contributed by atoms with Crippen molar-refractivity contribution >= 4 is 0 Å². The summed E-state index contributed by atoms with van der Waals surface area (Å²) >= 11 is 0. The maximum atomic E-state index is 6.15. The average molecular weight is 215 g/mol. The molecule has 3 N–H and O–H groups in total. The minimum Gasteiger partial charge on any atom is -0.372 e. The lowest BCUT2D eigenvalue weighted by Crippen LogP contribution is -2.11. The molecule has 82 valence electrons. The highest BCUT2D eigenvalue weighted by molar-refractivity contribution is 5.37. The van der Waals surface area contributed by atoms with E-state index in [1.165, 1.54) is 11.1 Å². The van der Waals surface area contributed by atoms with E-state index in [0.29, 0.717) is 6.61 Å². The number of nitrogens with two attached hydrogens (primary N) is 1. The van der Waals surface area contributed by atoms with Gasteiger partial charge in [0.2, 0.25) is 0 Å². The third kappa shape index (κ3) is 1.52. The molecule has 0 amide bonds. The highest BCUT2D eigenvalue weighted by Gasteiger charge is 2.15. The van der Waals surface area contributed by atoms with E-state index in [-0.39, 0.29) is 6.04 Å². The van der Waals surface area contributed by atoms with Crippen LogP contribution in [0.15, 0.2) is 30.6 Å². The molecule has 0 aliphatic carbocycles. The number of aromatic nitrogens is 2. The van der Waals surface area contributed by atoms with Gasteiger partial charge in [-0.1, -0.05) is 18.2 Å². The number of H-pyrrole nitrogens is 1. The van der Waals surface area contributed by atoms with Crippen molar-refractivity contribution in [2.75, 3.05) is 0 Å². The van der Waals surface area contributed by atoms with Crippen molar-refractivity contribution in [3.8, 4) is 0 Å². The summed E-state index contributed by atoms with van der Waals surface area (Å²) in [6.07, 6.45) is 3.59. The van der Waals surface area contributed by atoms with E-state index in [2.05, 4.69) is 28.4 Å². The van der Waals surface area contributed by atoms with Crippen molar-refractivity contribution in [2.45, 2.75) is 19.3 Å². The van der Waals surface area contributed by atoms with Crippen molar-refractivity contribution in [2.24, 2.45) is 5.73 Å². The summed E-state index contributed by atoms with van der Waals surface area (Å²) in [6, 6.07) is 6.16. The molecule has 1 aliphatic heterocycles. The van der Waals surface area contributed by atoms with Crippen LogP contribution in [0, 0.1) is 0 Å². The van der Waals surface area contributed by atoms with E-state index in [4.69, 9.17) is 10.5 Å². The van der Waals surface area contributed by atoms with Gasteiger partial charge in [0.1, 0.15) is 0 Å². The summed E-state index contributed by atoms with van der Waals surface area (Å²) in [5.41, 5.74) is 10.8. The van der Waals surface area contributed by atoms with Gasteiger partial charge < -0.3 is 10.5 Å². The van der Waals surface area contributed by atoms with Crippen LogP contribution in [0.4, 0.5) is 0 Å². The molecule has 1 aliphatic rings. The van der Waals surface area contributed by atoms with Gasteiger partial charge in [0.05, 0.1) is 25.5 Å². The SMILES string of the molecule is NC(c1cn[nH]c1)c1ccc2c(c1)COC2. The summed E-state index contributed by atoms with van der Waals surface area (Å²) < 4.78 is 5.38. The Balaban J connectivity index is 1.95. The molecule has 3 rings (SSSR count). The lowest BCUT2D eigenvalue weighted by atomic mass is 9.98. The molecule has 1 unspecified atom stereocenters. The first-order valence-corrected chi connectivity index (χ1v) is 5.28. The third-order valence-corrected chi connectivity index (χ3v) is 2.98. The monoisotopic (exact) mass is 215 g/mol. The molecule has 0 bridgehead atoms. The van der Waals surface area contributed by atoms with Crippen molar-refractivity contribution in [3.05, 3.63) is 52.8 Å². The molecular formula is C12H13N3O. The lowest BCUT2D eigenvalue weighted by Gasteiger charge is -2.11. The van der Waals surface area contributed by atoms with Crippen LogP contribution in [-0.2, 0) is 18.0 Å². The summed E-state index contributed by atoms with van der Waals surface area (Å²) in [5, 5.41) is 6.69. The molecule has 1 atom stereocenters. The zero-order valence-corrected chi connectivity index (χ0v) is 8.81. The van der Waals surface area contributed by atoms with Crippen LogP contribution >= 0.6 is 0 Å². The third-order valence-electron chi connectivity index (χ3n) is 2.98. The number of hydrogen-bond donors (Lipinski definition) is 2. The van der Waals surface area contributed by atoms with Gasteiger partial charge in [0, 0.05) is 11.8 Å². The Morgan fingerprint density at radius 2 is 2.12 bits per heavy atom. The summed E-state index contributed by atoms with van der Waals surface area (Å²) in [6.45, 7) is 1.41. The van der Waals surface area contributed by atoms with Crippen molar-refractivity contribution < 1.29 is 4.74 Å². The Morgan fingerprint density at radius 1 is 1.25 bits per heavy atom. The molecule has 4 nitrogen and oxygen atoms in total. The van der Waals surface area contributed by atoms with Crippen molar-refractivity contribution in [3.63, 3.8) is 0 Å². The Labute approximate surface area is 93.4 Å². The minimum atomic E-state index is -0.121. The van der Waals surface area contributed by atoms with Crippen molar-refractivity contribution in [1.82, 2.24) is 10.2 Å². The number of fused-ring (bicyclic) bond motifs is 1. The molecule has 16 heavy (non-hydrogen) atoms. The van der Waals surface area contributed by atoms with Gasteiger partial charge in [-0.3, -0.25) is 5.10 Å². The van der Waals surface area contributed by atoms with Crippen LogP contribution in [0.2, 0.25) is 0 Å². The van der Waals surface area contributed by atoms with Gasteiger partial charge in [-0.2, -0.15) is 5.10 Å². The van der Waals surface area contributed by atoms with Crippen LogP contribution in [0.25, 0.3) is 0 Å². The number of rotatable bonds is 2. The molecule has 0 spiro atoms. The molecule has 2 aromatic rings. The van der Waals surface area contributed by atoms with Gasteiger partial charge in [0.25, 0.3) is 0 Å². The Kier molecular flexibility index (Phi) is 2.23. The topological polar surface area (TPSA) is 63.9 Å². The first-order valence-electron chi connectivity index (χ1n) is 5.28. The normalized spacial score (nSPS) is 16.1. The molecule has 0 saturated heterocycles. The zero-order chi connectivity index (χ0) is 11.0. The van der Waals surface area contributed by atoms with Crippen LogP contribution in [-0.4, -0.2) is 10.2 Å². The van der Waals surface area contributed by atoms with Gasteiger partial charge in [-0.25, -0.2) is 0 Å². The second kappa shape index (κ2) is 3.73. The van der Waals surface area contributed by atoms with E-state index in [9.17, 15) is 0 Å². The fourth-order valence-corrected chi connectivity index (χ4v) is 2.01. The van der Waals surface area contributed by atoms with Gasteiger partial charge in [-0.05, 0) is 16.7 Å². The average Bonchev–Trinajstić information content (AvgIpc) is 2.98. The van der Waals surface area contributed by atoms with Gasteiger partial charge in [-0.15, -0.1) is 0 Å². The highest BCUT2D eigenvalue weighted by atomic mass is 16.5. The fourth-order valence-electron chi connectivity index (χ4n) is 2.01. The van der Waals surface area contributed by atoms with Crippen LogP contribution in [0.3, 0.4) is 0 Å². The molecule has 2 heterocycles. The Bertz CT molecular complexity index is 493. The predicted molar refractivity (Wildman–Crippen MR) is 59.6 cm³/mol. The van der Waals surface area contributed by atoms with Crippen molar-refractivity contribution in [1.29, 1.82) is 0 Å². The van der Waals surface area contributed by atoms with Crippen LogP contribution in [0.5, 0.6) is 0 Å². The number of nitrogens with one attached hydrogen (secondary N) is 1. The molecule has 4 heteroatoms. The summed E-state index contributed by atoms with van der Waals surface area (Å²) in [5.74, 6) is 0.